The van der Waals surface area contributed by atoms with Crippen LogP contribution in [0.1, 0.15) is 21.9 Å². The van der Waals surface area contributed by atoms with Crippen LogP contribution in [-0.2, 0) is 0 Å². The molecule has 0 unspecified atom stereocenters. The summed E-state index contributed by atoms with van der Waals surface area (Å²) < 4.78 is 8.02. The van der Waals surface area contributed by atoms with Gasteiger partial charge in [0.1, 0.15) is 5.76 Å². The summed E-state index contributed by atoms with van der Waals surface area (Å²) in [6, 6.07) is 13.1. The van der Waals surface area contributed by atoms with Crippen LogP contribution < -0.4 is 0 Å². The summed E-state index contributed by atoms with van der Waals surface area (Å²) in [5.74, 6) is 0.676. The number of nitrogens with zero attached hydrogens (tertiary/aromatic N) is 2. The van der Waals surface area contributed by atoms with Crippen LogP contribution in [0.15, 0.2) is 51.4 Å². The number of furan rings is 1. The lowest BCUT2D eigenvalue weighted by Crippen LogP contribution is -2.14. The van der Waals surface area contributed by atoms with Gasteiger partial charge in [0.25, 0.3) is 0 Å². The Morgan fingerprint density at radius 1 is 1.14 bits per heavy atom. The summed E-state index contributed by atoms with van der Waals surface area (Å²) in [5, 5.41) is 4.18. The van der Waals surface area contributed by atoms with Crippen molar-refractivity contribution >= 4 is 21.8 Å². The third-order valence-electron chi connectivity index (χ3n) is 3.15. The first-order valence-electron chi connectivity index (χ1n) is 6.48. The van der Waals surface area contributed by atoms with E-state index in [-0.39, 0.29) is 11.7 Å². The van der Waals surface area contributed by atoms with Crippen molar-refractivity contribution in [3.8, 4) is 11.3 Å². The molecule has 0 amide bonds. The maximum atomic E-state index is 12.4. The zero-order valence-electron chi connectivity index (χ0n) is 11.6. The Labute approximate surface area is 130 Å². The molecule has 3 rings (SSSR count). The van der Waals surface area contributed by atoms with Gasteiger partial charge in [-0.3, -0.25) is 4.79 Å². The first-order valence-corrected chi connectivity index (χ1v) is 7.27. The van der Waals surface area contributed by atoms with Gasteiger partial charge in [-0.25, -0.2) is 0 Å². The van der Waals surface area contributed by atoms with Crippen LogP contribution in [0.3, 0.4) is 0 Å². The fraction of sp³-hybridized carbons (Fsp3) is 0.125. The maximum absolute atomic E-state index is 12.4. The van der Waals surface area contributed by atoms with E-state index in [9.17, 15) is 4.79 Å². The Hall–Kier alpha value is -2.14. The van der Waals surface area contributed by atoms with Crippen LogP contribution in [0.25, 0.3) is 11.3 Å². The van der Waals surface area contributed by atoms with Crippen molar-refractivity contribution in [1.29, 1.82) is 0 Å². The highest BCUT2D eigenvalue weighted by Crippen LogP contribution is 2.24. The zero-order chi connectivity index (χ0) is 15.0. The Morgan fingerprint density at radius 3 is 2.48 bits per heavy atom. The molecule has 0 atom stereocenters. The van der Waals surface area contributed by atoms with Crippen molar-refractivity contribution in [3.05, 3.63) is 64.1 Å². The van der Waals surface area contributed by atoms with Gasteiger partial charge in [0.05, 0.1) is 5.69 Å². The number of aryl methyl sites for hydroxylation is 2. The molecule has 3 aromatic rings. The highest BCUT2D eigenvalue weighted by molar-refractivity contribution is 9.10. The van der Waals surface area contributed by atoms with Gasteiger partial charge in [0, 0.05) is 15.7 Å². The summed E-state index contributed by atoms with van der Waals surface area (Å²) in [4.78, 5) is 12.4. The number of hydrogen-bond acceptors (Lipinski definition) is 3. The van der Waals surface area contributed by atoms with Crippen molar-refractivity contribution in [2.75, 3.05) is 0 Å². The van der Waals surface area contributed by atoms with Crippen molar-refractivity contribution in [2.24, 2.45) is 0 Å². The molecule has 21 heavy (non-hydrogen) atoms. The second-order valence-electron chi connectivity index (χ2n) is 4.81. The standard InChI is InChI=1S/C16H13BrN2O2/c1-10-9-11(2)19(18-10)16(20)15-8-7-14(21-15)12-3-5-13(17)6-4-12/h3-9H,1-2H3. The van der Waals surface area contributed by atoms with E-state index in [4.69, 9.17) is 4.42 Å². The molecule has 0 saturated heterocycles. The van der Waals surface area contributed by atoms with E-state index in [1.165, 1.54) is 4.68 Å². The minimum Gasteiger partial charge on any atom is -0.451 e. The van der Waals surface area contributed by atoms with Crippen LogP contribution in [-0.4, -0.2) is 15.7 Å². The Balaban J connectivity index is 1.93. The van der Waals surface area contributed by atoms with Crippen LogP contribution in [0.2, 0.25) is 0 Å². The first kappa shape index (κ1) is 13.8. The fourth-order valence-corrected chi connectivity index (χ4v) is 2.43. The molecule has 0 N–H and O–H groups in total. The quantitative estimate of drug-likeness (QED) is 0.699. The smallest absolute Gasteiger partial charge is 0.314 e. The Bertz CT molecular complexity index is 800. The predicted octanol–water partition coefficient (Wildman–Crippen LogP) is 4.21. The SMILES string of the molecule is Cc1cc(C)n(C(=O)c2ccc(-c3ccc(Br)cc3)o2)n1. The average molecular weight is 345 g/mol. The fourth-order valence-electron chi connectivity index (χ4n) is 2.16. The molecular formula is C16H13BrN2O2. The molecule has 0 saturated carbocycles. The van der Waals surface area contributed by atoms with Gasteiger partial charge in [-0.1, -0.05) is 28.1 Å². The lowest BCUT2D eigenvalue weighted by atomic mass is 10.2. The summed E-state index contributed by atoms with van der Waals surface area (Å²) in [6.07, 6.45) is 0. The molecule has 0 aliphatic carbocycles. The molecule has 4 nitrogen and oxygen atoms in total. The number of hydrogen-bond donors (Lipinski definition) is 0. The van der Waals surface area contributed by atoms with E-state index in [1.807, 2.05) is 44.2 Å². The molecule has 0 fully saturated rings. The Kier molecular flexibility index (Phi) is 3.51. The van der Waals surface area contributed by atoms with E-state index >= 15 is 0 Å². The normalized spacial score (nSPS) is 10.8. The zero-order valence-corrected chi connectivity index (χ0v) is 13.2. The summed E-state index contributed by atoms with van der Waals surface area (Å²) in [5.41, 5.74) is 2.52. The maximum Gasteiger partial charge on any atom is 0.314 e. The number of rotatable bonds is 2. The molecule has 106 valence electrons. The lowest BCUT2D eigenvalue weighted by molar-refractivity contribution is 0.0915. The third kappa shape index (κ3) is 2.69. The van der Waals surface area contributed by atoms with E-state index in [0.717, 1.165) is 21.4 Å². The van der Waals surface area contributed by atoms with E-state index in [1.54, 1.807) is 12.1 Å². The number of carbonyl (C=O) groups is 1. The lowest BCUT2D eigenvalue weighted by Gasteiger charge is -2.00. The van der Waals surface area contributed by atoms with E-state index in [0.29, 0.717) is 5.76 Å². The van der Waals surface area contributed by atoms with Crippen LogP contribution in [0.5, 0.6) is 0 Å². The minimum atomic E-state index is -0.260. The van der Waals surface area contributed by atoms with Crippen LogP contribution in [0.4, 0.5) is 0 Å². The third-order valence-corrected chi connectivity index (χ3v) is 3.68. The highest BCUT2D eigenvalue weighted by atomic mass is 79.9. The monoisotopic (exact) mass is 344 g/mol. The van der Waals surface area contributed by atoms with Gasteiger partial charge in [0.15, 0.2) is 5.76 Å². The average Bonchev–Trinajstić information content (AvgIpc) is 3.06. The van der Waals surface area contributed by atoms with Crippen LogP contribution >= 0.6 is 15.9 Å². The molecule has 0 bridgehead atoms. The van der Waals surface area contributed by atoms with Gasteiger partial charge in [0.2, 0.25) is 0 Å². The number of halogens is 1. The second-order valence-corrected chi connectivity index (χ2v) is 5.73. The van der Waals surface area contributed by atoms with Crippen molar-refractivity contribution < 1.29 is 9.21 Å². The second kappa shape index (κ2) is 5.33. The van der Waals surface area contributed by atoms with E-state index in [2.05, 4.69) is 21.0 Å². The highest BCUT2D eigenvalue weighted by Gasteiger charge is 2.17. The van der Waals surface area contributed by atoms with Crippen molar-refractivity contribution in [1.82, 2.24) is 9.78 Å². The summed E-state index contributed by atoms with van der Waals surface area (Å²) in [6.45, 7) is 3.70. The largest absolute Gasteiger partial charge is 0.451 e. The molecule has 0 aliphatic heterocycles. The number of aromatic nitrogens is 2. The number of benzene rings is 1. The molecule has 0 spiro atoms. The molecule has 2 heterocycles. The summed E-state index contributed by atoms with van der Waals surface area (Å²) in [7, 11) is 0. The summed E-state index contributed by atoms with van der Waals surface area (Å²) >= 11 is 3.39. The molecule has 0 aliphatic rings. The van der Waals surface area contributed by atoms with Crippen molar-refractivity contribution in [2.45, 2.75) is 13.8 Å². The Morgan fingerprint density at radius 2 is 1.86 bits per heavy atom. The molecule has 5 heteroatoms. The van der Waals surface area contributed by atoms with Gasteiger partial charge in [-0.05, 0) is 44.2 Å². The first-order chi connectivity index (χ1) is 10.0. The van der Waals surface area contributed by atoms with Crippen LogP contribution in [0, 0.1) is 13.8 Å². The molecule has 1 aromatic carbocycles. The van der Waals surface area contributed by atoms with Gasteiger partial charge in [-0.15, -0.1) is 0 Å². The minimum absolute atomic E-state index is 0.260. The predicted molar refractivity (Wildman–Crippen MR) is 83.3 cm³/mol. The van der Waals surface area contributed by atoms with E-state index < -0.39 is 0 Å². The molecular weight excluding hydrogens is 332 g/mol. The molecule has 2 aromatic heterocycles. The van der Waals surface area contributed by atoms with Gasteiger partial charge in [-0.2, -0.15) is 9.78 Å². The van der Waals surface area contributed by atoms with Gasteiger partial charge < -0.3 is 4.42 Å². The number of carbonyl (C=O) groups excluding carboxylic acids is 1. The topological polar surface area (TPSA) is 48.0 Å². The molecule has 0 radical (unpaired) electrons. The van der Waals surface area contributed by atoms with Gasteiger partial charge >= 0.3 is 5.91 Å². The van der Waals surface area contributed by atoms with Crippen molar-refractivity contribution in [3.63, 3.8) is 0 Å².